The Morgan fingerprint density at radius 2 is 0.600 bits per heavy atom. The Kier molecular flexibility index (Phi) is 11.9. The van der Waals surface area contributed by atoms with Crippen LogP contribution in [0.25, 0.3) is 111 Å². The molecule has 0 unspecified atom stereocenters. The van der Waals surface area contributed by atoms with Crippen LogP contribution >= 0.6 is 0 Å². The number of hydrogen-bond donors (Lipinski definition) is 0. The molecule has 0 atom stereocenters. The highest BCUT2D eigenvalue weighted by atomic mass is 19.4. The van der Waals surface area contributed by atoms with E-state index in [9.17, 15) is 52.7 Å². The number of hydrogen-bond acceptors (Lipinski definition) is 5. The molecule has 0 radical (unpaired) electrons. The largest absolute Gasteiger partial charge is 0.416 e. The molecular formula is C67H33F6N7. The Morgan fingerprint density at radius 3 is 0.900 bits per heavy atom. The van der Waals surface area contributed by atoms with E-state index in [-0.39, 0.29) is 28.6 Å². The summed E-state index contributed by atoms with van der Waals surface area (Å²) in [5.41, 5.74) is 6.20. The third kappa shape index (κ3) is 8.66. The summed E-state index contributed by atoms with van der Waals surface area (Å²) in [7, 11) is 0. The van der Waals surface area contributed by atoms with E-state index in [1.807, 2.05) is 84.9 Å². The van der Waals surface area contributed by atoms with E-state index < -0.39 is 29.0 Å². The quantitative estimate of drug-likeness (QED) is 0.147. The molecule has 0 aliphatic carbocycles. The summed E-state index contributed by atoms with van der Waals surface area (Å²) in [5.74, 6) is 0. The van der Waals surface area contributed by atoms with Crippen LogP contribution in [0.1, 0.15) is 38.9 Å². The fourth-order valence-electron chi connectivity index (χ4n) is 10.7. The number of alkyl halides is 6. The summed E-state index contributed by atoms with van der Waals surface area (Å²) in [6, 6.07) is 65.7. The summed E-state index contributed by atoms with van der Waals surface area (Å²) >= 11 is 0. The van der Waals surface area contributed by atoms with E-state index in [0.717, 1.165) is 22.3 Å². The first kappa shape index (κ1) is 49.7. The van der Waals surface area contributed by atoms with Crippen LogP contribution in [0.4, 0.5) is 26.3 Å². The van der Waals surface area contributed by atoms with Crippen molar-refractivity contribution in [3.05, 3.63) is 239 Å². The highest BCUT2D eigenvalue weighted by molar-refractivity contribution is 6.14. The van der Waals surface area contributed by atoms with Crippen LogP contribution < -0.4 is 0 Å². The SMILES string of the molecule is N#Cc1cccc(-c2ccc3c(c2)c2cc(-c4cccc(C#N)c4)ccc2n3-c2cc(-c3cc(C(F)(F)F)cc(C(F)(F)F)c3)c(-n3c4ccc(-c5cccc(C#N)c5)cc4c4cc(-c5cccc(C#N)c5)ccc43)cc2C#N)c1. The average Bonchev–Trinajstić information content (AvgIpc) is 4.09. The molecule has 0 saturated carbocycles. The van der Waals surface area contributed by atoms with Crippen LogP contribution in [-0.4, -0.2) is 9.13 Å². The number of nitriles is 5. The summed E-state index contributed by atoms with van der Waals surface area (Å²) in [6.07, 6.45) is -10.4. The van der Waals surface area contributed by atoms with Crippen molar-refractivity contribution < 1.29 is 26.3 Å². The number of halogens is 6. The van der Waals surface area contributed by atoms with Gasteiger partial charge in [0, 0.05) is 27.1 Å². The molecule has 12 aromatic rings. The molecule has 0 bridgehead atoms. The minimum absolute atomic E-state index is 0.0204. The van der Waals surface area contributed by atoms with Crippen molar-refractivity contribution in [2.45, 2.75) is 12.4 Å². The molecule has 0 amide bonds. The number of rotatable bonds is 7. The van der Waals surface area contributed by atoms with Crippen LogP contribution in [0.2, 0.25) is 0 Å². The number of nitrogens with zero attached hydrogens (tertiary/aromatic N) is 7. The number of aromatic nitrogens is 2. The van der Waals surface area contributed by atoms with Crippen LogP contribution in [-0.2, 0) is 12.4 Å². The summed E-state index contributed by atoms with van der Waals surface area (Å²) < 4.78 is 93.3. The molecule has 0 fully saturated rings. The molecule has 12 rings (SSSR count). The second-order valence-corrected chi connectivity index (χ2v) is 19.2. The minimum Gasteiger partial charge on any atom is -0.309 e. The third-order valence-electron chi connectivity index (χ3n) is 14.4. The van der Waals surface area contributed by atoms with Gasteiger partial charge in [0.1, 0.15) is 6.07 Å². The van der Waals surface area contributed by atoms with Crippen molar-refractivity contribution >= 4 is 43.6 Å². The molecule has 0 N–H and O–H groups in total. The fourth-order valence-corrected chi connectivity index (χ4v) is 10.7. The van der Waals surface area contributed by atoms with Gasteiger partial charge in [-0.3, -0.25) is 0 Å². The van der Waals surface area contributed by atoms with Gasteiger partial charge in [-0.15, -0.1) is 0 Å². The molecule has 0 saturated heterocycles. The molecule has 378 valence electrons. The van der Waals surface area contributed by atoms with E-state index in [1.165, 1.54) is 12.1 Å². The molecule has 2 aromatic heterocycles. The van der Waals surface area contributed by atoms with E-state index in [4.69, 9.17) is 0 Å². The number of fused-ring (bicyclic) bond motifs is 6. The first-order valence-electron chi connectivity index (χ1n) is 24.7. The van der Waals surface area contributed by atoms with Gasteiger partial charge in [0.05, 0.1) is 96.7 Å². The van der Waals surface area contributed by atoms with Gasteiger partial charge < -0.3 is 9.13 Å². The molecule has 10 aromatic carbocycles. The average molecular weight is 1050 g/mol. The topological polar surface area (TPSA) is 129 Å². The Bertz CT molecular complexity index is 4570. The minimum atomic E-state index is -5.21. The molecule has 0 aliphatic heterocycles. The lowest BCUT2D eigenvalue weighted by Crippen LogP contribution is -2.11. The van der Waals surface area contributed by atoms with Gasteiger partial charge in [-0.2, -0.15) is 52.7 Å². The van der Waals surface area contributed by atoms with E-state index in [2.05, 4.69) is 30.3 Å². The lowest BCUT2D eigenvalue weighted by molar-refractivity contribution is -0.143. The van der Waals surface area contributed by atoms with Crippen molar-refractivity contribution in [2.24, 2.45) is 0 Å². The monoisotopic (exact) mass is 1050 g/mol. The fraction of sp³-hybridized carbons (Fsp3) is 0.0299. The number of benzene rings is 10. The van der Waals surface area contributed by atoms with Gasteiger partial charge in [0.25, 0.3) is 0 Å². The van der Waals surface area contributed by atoms with Crippen LogP contribution in [0.3, 0.4) is 0 Å². The molecule has 80 heavy (non-hydrogen) atoms. The van der Waals surface area contributed by atoms with Crippen molar-refractivity contribution in [3.8, 4) is 97.4 Å². The van der Waals surface area contributed by atoms with Crippen LogP contribution in [0.15, 0.2) is 200 Å². The zero-order valence-corrected chi connectivity index (χ0v) is 41.5. The zero-order chi connectivity index (χ0) is 55.6. The maximum absolute atomic E-state index is 15.0. The zero-order valence-electron chi connectivity index (χ0n) is 41.5. The summed E-state index contributed by atoms with van der Waals surface area (Å²) in [5, 5.41) is 53.2. The van der Waals surface area contributed by atoms with Gasteiger partial charge >= 0.3 is 12.4 Å². The van der Waals surface area contributed by atoms with E-state index >= 15 is 0 Å². The van der Waals surface area contributed by atoms with Crippen molar-refractivity contribution in [3.63, 3.8) is 0 Å². The Hall–Kier alpha value is -11.2. The Balaban J connectivity index is 1.19. The second-order valence-electron chi connectivity index (χ2n) is 19.2. The van der Waals surface area contributed by atoms with Gasteiger partial charge in [0.15, 0.2) is 0 Å². The van der Waals surface area contributed by atoms with Gasteiger partial charge in [0.2, 0.25) is 0 Å². The van der Waals surface area contributed by atoms with Gasteiger partial charge in [-0.25, -0.2) is 0 Å². The maximum Gasteiger partial charge on any atom is 0.416 e. The van der Waals surface area contributed by atoms with Crippen LogP contribution in [0.5, 0.6) is 0 Å². The molecule has 7 nitrogen and oxygen atoms in total. The van der Waals surface area contributed by atoms with Crippen LogP contribution in [0, 0.1) is 56.7 Å². The molecular weight excluding hydrogens is 1020 g/mol. The smallest absolute Gasteiger partial charge is 0.309 e. The van der Waals surface area contributed by atoms with E-state index in [0.29, 0.717) is 100 Å². The maximum atomic E-state index is 15.0. The third-order valence-corrected chi connectivity index (χ3v) is 14.4. The standard InChI is InChI=1S/C67H33F6N7/c68-66(69,70)53-25-51(26-54(32-53)67(71,72)73)55-33-64(79-60-17-13-47(43-9-1-5-39(21-43)34-74)27-56(60)57-28-48(14-18-61(57)79)44-10-2-6-40(22-44)35-75)52(38-78)31-65(55)80-62-19-15-49(45-11-3-7-41(23-45)36-76)29-58(62)59-30-50(16-20-63(59)80)46-12-4-8-42(24-46)37-77/h1-33H. The highest BCUT2D eigenvalue weighted by Crippen LogP contribution is 2.46. The van der Waals surface area contributed by atoms with Crippen molar-refractivity contribution in [1.29, 1.82) is 26.3 Å². The molecule has 2 heterocycles. The Morgan fingerprint density at radius 1 is 0.287 bits per heavy atom. The lowest BCUT2D eigenvalue weighted by Gasteiger charge is -2.21. The van der Waals surface area contributed by atoms with Gasteiger partial charge in [-0.05, 0) is 177 Å². The molecule has 13 heteroatoms. The lowest BCUT2D eigenvalue weighted by atomic mass is 9.95. The summed E-state index contributed by atoms with van der Waals surface area (Å²) in [4.78, 5) is 0. The highest BCUT2D eigenvalue weighted by Gasteiger charge is 2.38. The Labute approximate surface area is 452 Å². The van der Waals surface area contributed by atoms with Gasteiger partial charge in [-0.1, -0.05) is 72.8 Å². The van der Waals surface area contributed by atoms with Crippen molar-refractivity contribution in [1.82, 2.24) is 9.13 Å². The molecule has 0 spiro atoms. The first-order chi connectivity index (χ1) is 38.6. The summed E-state index contributed by atoms with van der Waals surface area (Å²) in [6.45, 7) is 0. The predicted octanol–water partition coefficient (Wildman–Crippen LogP) is 17.6. The second kappa shape index (κ2) is 19.1. The van der Waals surface area contributed by atoms with E-state index in [1.54, 1.807) is 94.1 Å². The normalized spacial score (nSPS) is 11.6. The predicted molar refractivity (Wildman–Crippen MR) is 296 cm³/mol. The van der Waals surface area contributed by atoms with Crippen molar-refractivity contribution in [2.75, 3.05) is 0 Å². The molecule has 0 aliphatic rings. The first-order valence-corrected chi connectivity index (χ1v) is 24.7.